The maximum Gasteiger partial charge on any atom is 0.270 e. The number of amides is 1. The lowest BCUT2D eigenvalue weighted by Crippen LogP contribution is -2.32. The van der Waals surface area contributed by atoms with Crippen molar-refractivity contribution in [2.75, 3.05) is 24.5 Å². The van der Waals surface area contributed by atoms with E-state index >= 15 is 0 Å². The van der Waals surface area contributed by atoms with Crippen LogP contribution < -0.4 is 10.2 Å². The first-order chi connectivity index (χ1) is 12.1. The molecule has 1 aromatic carbocycles. The summed E-state index contributed by atoms with van der Waals surface area (Å²) < 4.78 is 12.9. The van der Waals surface area contributed by atoms with Crippen LogP contribution in [-0.2, 0) is 6.42 Å². The molecule has 1 amide bonds. The zero-order valence-electron chi connectivity index (χ0n) is 14.5. The van der Waals surface area contributed by atoms with E-state index in [2.05, 4.69) is 20.2 Å². The van der Waals surface area contributed by atoms with E-state index < -0.39 is 0 Å². The SMILES string of the molecule is Cc1nc(C(=O)NCCc2ccc(F)cc2)cc(N2CCCCC2)n1. The van der Waals surface area contributed by atoms with Crippen LogP contribution >= 0.6 is 0 Å². The van der Waals surface area contributed by atoms with E-state index in [1.165, 1.54) is 18.6 Å². The second-order valence-electron chi connectivity index (χ2n) is 6.34. The number of halogens is 1. The Balaban J connectivity index is 1.61. The van der Waals surface area contributed by atoms with E-state index in [0.717, 1.165) is 37.3 Å². The first-order valence-electron chi connectivity index (χ1n) is 8.75. The van der Waals surface area contributed by atoms with E-state index in [9.17, 15) is 9.18 Å². The Morgan fingerprint density at radius 1 is 1.16 bits per heavy atom. The Labute approximate surface area is 147 Å². The van der Waals surface area contributed by atoms with Crippen LogP contribution in [0.1, 0.15) is 41.1 Å². The Morgan fingerprint density at radius 2 is 1.88 bits per heavy atom. The monoisotopic (exact) mass is 342 g/mol. The van der Waals surface area contributed by atoms with Crippen molar-refractivity contribution in [1.82, 2.24) is 15.3 Å². The van der Waals surface area contributed by atoms with Crippen LogP contribution in [0.15, 0.2) is 30.3 Å². The fourth-order valence-electron chi connectivity index (χ4n) is 3.02. The minimum Gasteiger partial charge on any atom is -0.356 e. The van der Waals surface area contributed by atoms with Crippen molar-refractivity contribution in [3.05, 3.63) is 53.2 Å². The molecule has 2 aromatic rings. The molecule has 1 aliphatic rings. The molecule has 1 saturated heterocycles. The van der Waals surface area contributed by atoms with Gasteiger partial charge >= 0.3 is 0 Å². The highest BCUT2D eigenvalue weighted by Gasteiger charge is 2.16. The standard InChI is InChI=1S/C19H23FN4O/c1-14-22-17(13-18(23-14)24-11-3-2-4-12-24)19(25)21-10-9-15-5-7-16(20)8-6-15/h5-8,13H,2-4,9-12H2,1H3,(H,21,25). The molecule has 2 heterocycles. The molecule has 6 heteroatoms. The maximum atomic E-state index is 12.9. The van der Waals surface area contributed by atoms with Gasteiger partial charge in [-0.3, -0.25) is 4.79 Å². The molecule has 0 spiro atoms. The topological polar surface area (TPSA) is 58.1 Å². The van der Waals surface area contributed by atoms with Crippen LogP contribution in [-0.4, -0.2) is 35.5 Å². The van der Waals surface area contributed by atoms with Crippen molar-refractivity contribution in [3.8, 4) is 0 Å². The summed E-state index contributed by atoms with van der Waals surface area (Å²) in [5, 5.41) is 2.88. The molecule has 1 fully saturated rings. The van der Waals surface area contributed by atoms with Gasteiger partial charge in [0.15, 0.2) is 0 Å². The van der Waals surface area contributed by atoms with Crippen LogP contribution in [0.5, 0.6) is 0 Å². The number of anilines is 1. The molecule has 0 aliphatic carbocycles. The zero-order chi connectivity index (χ0) is 17.6. The number of piperidine rings is 1. The lowest BCUT2D eigenvalue weighted by atomic mass is 10.1. The number of aryl methyl sites for hydroxylation is 1. The number of nitrogens with zero attached hydrogens (tertiary/aromatic N) is 3. The number of rotatable bonds is 5. The van der Waals surface area contributed by atoms with Crippen LogP contribution in [0.3, 0.4) is 0 Å². The average Bonchev–Trinajstić information content (AvgIpc) is 2.63. The Bertz CT molecular complexity index is 727. The maximum absolute atomic E-state index is 12.9. The molecular weight excluding hydrogens is 319 g/mol. The van der Waals surface area contributed by atoms with Crippen molar-refractivity contribution in [1.29, 1.82) is 0 Å². The number of nitrogens with one attached hydrogen (secondary N) is 1. The molecule has 1 aliphatic heterocycles. The lowest BCUT2D eigenvalue weighted by molar-refractivity contribution is 0.0948. The molecule has 1 N–H and O–H groups in total. The van der Waals surface area contributed by atoms with Crippen molar-refractivity contribution >= 4 is 11.7 Å². The first-order valence-corrected chi connectivity index (χ1v) is 8.75. The third-order valence-electron chi connectivity index (χ3n) is 4.35. The third kappa shape index (κ3) is 4.75. The van der Waals surface area contributed by atoms with Gasteiger partial charge < -0.3 is 10.2 Å². The summed E-state index contributed by atoms with van der Waals surface area (Å²) in [7, 11) is 0. The van der Waals surface area contributed by atoms with Gasteiger partial charge in [-0.15, -0.1) is 0 Å². The van der Waals surface area contributed by atoms with Gasteiger partial charge in [0.1, 0.15) is 23.2 Å². The molecule has 0 atom stereocenters. The summed E-state index contributed by atoms with van der Waals surface area (Å²) in [4.78, 5) is 23.4. The molecule has 0 saturated carbocycles. The van der Waals surface area contributed by atoms with Gasteiger partial charge in [0.25, 0.3) is 5.91 Å². The molecule has 25 heavy (non-hydrogen) atoms. The van der Waals surface area contributed by atoms with Crippen molar-refractivity contribution in [2.45, 2.75) is 32.6 Å². The number of aromatic nitrogens is 2. The van der Waals surface area contributed by atoms with E-state index in [1.807, 2.05) is 6.92 Å². The molecule has 1 aromatic heterocycles. The van der Waals surface area contributed by atoms with Gasteiger partial charge in [0.2, 0.25) is 0 Å². The van der Waals surface area contributed by atoms with Gasteiger partial charge in [-0.1, -0.05) is 12.1 Å². The Morgan fingerprint density at radius 3 is 2.60 bits per heavy atom. The predicted molar refractivity (Wildman–Crippen MR) is 95.3 cm³/mol. The fraction of sp³-hybridized carbons (Fsp3) is 0.421. The van der Waals surface area contributed by atoms with Crippen molar-refractivity contribution < 1.29 is 9.18 Å². The van der Waals surface area contributed by atoms with E-state index in [4.69, 9.17) is 0 Å². The molecule has 0 radical (unpaired) electrons. The number of hydrogen-bond acceptors (Lipinski definition) is 4. The third-order valence-corrected chi connectivity index (χ3v) is 4.35. The van der Waals surface area contributed by atoms with Gasteiger partial charge in [0, 0.05) is 25.7 Å². The zero-order valence-corrected chi connectivity index (χ0v) is 14.5. The summed E-state index contributed by atoms with van der Waals surface area (Å²) in [6, 6.07) is 8.08. The summed E-state index contributed by atoms with van der Waals surface area (Å²) in [6.07, 6.45) is 4.21. The molecule has 5 nitrogen and oxygen atoms in total. The lowest BCUT2D eigenvalue weighted by Gasteiger charge is -2.28. The smallest absolute Gasteiger partial charge is 0.270 e. The number of hydrogen-bond donors (Lipinski definition) is 1. The van der Waals surface area contributed by atoms with E-state index in [0.29, 0.717) is 24.5 Å². The average molecular weight is 342 g/mol. The minimum absolute atomic E-state index is 0.203. The van der Waals surface area contributed by atoms with E-state index in [1.54, 1.807) is 18.2 Å². The van der Waals surface area contributed by atoms with Crippen LogP contribution in [0, 0.1) is 12.7 Å². The number of carbonyl (C=O) groups is 1. The van der Waals surface area contributed by atoms with Gasteiger partial charge in [-0.2, -0.15) is 0 Å². The number of carbonyl (C=O) groups excluding carboxylic acids is 1. The molecule has 0 bridgehead atoms. The first kappa shape index (κ1) is 17.3. The second-order valence-corrected chi connectivity index (χ2v) is 6.34. The van der Waals surface area contributed by atoms with Crippen LogP contribution in [0.4, 0.5) is 10.2 Å². The summed E-state index contributed by atoms with van der Waals surface area (Å²) in [6.45, 7) is 4.24. The Kier molecular flexibility index (Phi) is 5.58. The fourth-order valence-corrected chi connectivity index (χ4v) is 3.02. The largest absolute Gasteiger partial charge is 0.356 e. The molecule has 3 rings (SSSR count). The Hall–Kier alpha value is -2.50. The predicted octanol–water partition coefficient (Wildman–Crippen LogP) is 2.89. The highest BCUT2D eigenvalue weighted by atomic mass is 19.1. The molecule has 0 unspecified atom stereocenters. The van der Waals surface area contributed by atoms with Crippen molar-refractivity contribution in [2.24, 2.45) is 0 Å². The van der Waals surface area contributed by atoms with E-state index in [-0.39, 0.29) is 11.7 Å². The normalized spacial score (nSPS) is 14.4. The molecular formula is C19H23FN4O. The number of benzene rings is 1. The van der Waals surface area contributed by atoms with Gasteiger partial charge in [-0.05, 0) is 50.3 Å². The van der Waals surface area contributed by atoms with Crippen LogP contribution in [0.2, 0.25) is 0 Å². The highest BCUT2D eigenvalue weighted by molar-refractivity contribution is 5.92. The molecule has 132 valence electrons. The summed E-state index contributed by atoms with van der Waals surface area (Å²) >= 11 is 0. The van der Waals surface area contributed by atoms with Crippen LogP contribution in [0.25, 0.3) is 0 Å². The highest BCUT2D eigenvalue weighted by Crippen LogP contribution is 2.18. The summed E-state index contributed by atoms with van der Waals surface area (Å²) in [5.41, 5.74) is 1.38. The summed E-state index contributed by atoms with van der Waals surface area (Å²) in [5.74, 6) is 0.975. The van der Waals surface area contributed by atoms with Crippen molar-refractivity contribution in [3.63, 3.8) is 0 Å². The quantitative estimate of drug-likeness (QED) is 0.908. The second kappa shape index (κ2) is 8.05. The minimum atomic E-state index is -0.255. The van der Waals surface area contributed by atoms with Gasteiger partial charge in [0.05, 0.1) is 0 Å². The van der Waals surface area contributed by atoms with Gasteiger partial charge in [-0.25, -0.2) is 14.4 Å².